The van der Waals surface area contributed by atoms with Gasteiger partial charge in [-0.1, -0.05) is 12.1 Å². The lowest BCUT2D eigenvalue weighted by molar-refractivity contribution is -0.137. The van der Waals surface area contributed by atoms with Crippen molar-refractivity contribution in [3.05, 3.63) is 59.9 Å². The van der Waals surface area contributed by atoms with Crippen LogP contribution in [0.25, 0.3) is 0 Å². The number of benzene rings is 1. The van der Waals surface area contributed by atoms with Crippen molar-refractivity contribution in [2.75, 3.05) is 50.7 Å². The van der Waals surface area contributed by atoms with E-state index in [4.69, 9.17) is 0 Å². The Kier molecular flexibility index (Phi) is 6.58. The molecule has 0 amide bonds. The van der Waals surface area contributed by atoms with E-state index >= 15 is 0 Å². The van der Waals surface area contributed by atoms with E-state index in [1.807, 2.05) is 18.3 Å². The van der Waals surface area contributed by atoms with Gasteiger partial charge in [0, 0.05) is 69.3 Å². The van der Waals surface area contributed by atoms with Crippen LogP contribution in [0, 0.1) is 0 Å². The Morgan fingerprint density at radius 1 is 0.967 bits per heavy atom. The highest BCUT2D eigenvalue weighted by Crippen LogP contribution is 2.32. The first-order chi connectivity index (χ1) is 14.5. The minimum atomic E-state index is -4.29. The van der Waals surface area contributed by atoms with Gasteiger partial charge >= 0.3 is 6.18 Å². The van der Waals surface area contributed by atoms with Crippen LogP contribution in [0.2, 0.25) is 0 Å². The summed E-state index contributed by atoms with van der Waals surface area (Å²) in [5, 5.41) is 0. The molecule has 0 aliphatic carbocycles. The van der Waals surface area contributed by atoms with Gasteiger partial charge in [-0.3, -0.25) is 9.88 Å². The number of anilines is 1. The maximum atomic E-state index is 13.0. The van der Waals surface area contributed by atoms with E-state index in [-0.39, 0.29) is 0 Å². The van der Waals surface area contributed by atoms with Crippen LogP contribution in [0.5, 0.6) is 0 Å². The number of nitrogens with zero attached hydrogens (tertiary/aromatic N) is 4. The molecule has 0 bridgehead atoms. The predicted octanol–water partition coefficient (Wildman–Crippen LogP) is 3.93. The Morgan fingerprint density at radius 2 is 1.80 bits per heavy atom. The molecule has 0 saturated carbocycles. The third kappa shape index (κ3) is 5.32. The second kappa shape index (κ2) is 9.35. The van der Waals surface area contributed by atoms with E-state index in [1.165, 1.54) is 25.0 Å². The highest BCUT2D eigenvalue weighted by Gasteiger charge is 2.32. The largest absolute Gasteiger partial charge is 0.416 e. The van der Waals surface area contributed by atoms with E-state index in [2.05, 4.69) is 25.8 Å². The molecule has 1 aromatic heterocycles. The molecule has 2 aromatic rings. The first kappa shape index (κ1) is 21.1. The van der Waals surface area contributed by atoms with Gasteiger partial charge in [-0.2, -0.15) is 13.2 Å². The highest BCUT2D eigenvalue weighted by atomic mass is 19.4. The van der Waals surface area contributed by atoms with Gasteiger partial charge in [0.25, 0.3) is 0 Å². The summed E-state index contributed by atoms with van der Waals surface area (Å²) in [5.74, 6) is 0. The quantitative estimate of drug-likeness (QED) is 0.734. The molecule has 2 aliphatic rings. The molecule has 0 N–H and O–H groups in total. The molecule has 162 valence electrons. The van der Waals surface area contributed by atoms with Crippen LogP contribution in [-0.4, -0.2) is 66.6 Å². The zero-order valence-corrected chi connectivity index (χ0v) is 17.2. The third-order valence-corrected chi connectivity index (χ3v) is 6.26. The van der Waals surface area contributed by atoms with Crippen molar-refractivity contribution >= 4 is 5.69 Å². The van der Waals surface area contributed by atoms with Gasteiger partial charge < -0.3 is 9.80 Å². The molecule has 2 aliphatic heterocycles. The van der Waals surface area contributed by atoms with Crippen LogP contribution >= 0.6 is 0 Å². The number of alkyl halides is 3. The van der Waals surface area contributed by atoms with Crippen molar-refractivity contribution in [3.8, 4) is 0 Å². The summed E-state index contributed by atoms with van der Waals surface area (Å²) in [7, 11) is 0. The number of aromatic nitrogens is 1. The zero-order chi connectivity index (χ0) is 21.0. The molecule has 30 heavy (non-hydrogen) atoms. The summed E-state index contributed by atoms with van der Waals surface area (Å²) in [6, 6.07) is 12.3. The lowest BCUT2D eigenvalue weighted by atomic mass is 10.0. The molecule has 7 heteroatoms. The molecular formula is C23H29F3N4. The molecule has 3 heterocycles. The van der Waals surface area contributed by atoms with Gasteiger partial charge in [0.1, 0.15) is 0 Å². The number of piperidine rings is 1. The van der Waals surface area contributed by atoms with E-state index in [0.717, 1.165) is 64.0 Å². The summed E-state index contributed by atoms with van der Waals surface area (Å²) >= 11 is 0. The summed E-state index contributed by atoms with van der Waals surface area (Å²) in [6.07, 6.45) is 0.915. The topological polar surface area (TPSA) is 22.6 Å². The number of halogens is 3. The zero-order valence-electron chi connectivity index (χ0n) is 17.2. The van der Waals surface area contributed by atoms with E-state index in [1.54, 1.807) is 6.07 Å². The van der Waals surface area contributed by atoms with E-state index in [0.29, 0.717) is 11.7 Å². The Balaban J connectivity index is 1.28. The fourth-order valence-corrected chi connectivity index (χ4v) is 4.58. The lowest BCUT2D eigenvalue weighted by Gasteiger charge is -2.44. The van der Waals surface area contributed by atoms with E-state index in [9.17, 15) is 13.2 Å². The Labute approximate surface area is 176 Å². The lowest BCUT2D eigenvalue weighted by Crippen LogP contribution is -2.55. The fourth-order valence-electron chi connectivity index (χ4n) is 4.58. The number of piperazine rings is 1. The van der Waals surface area contributed by atoms with Gasteiger partial charge in [0.2, 0.25) is 0 Å². The number of hydrogen-bond donors (Lipinski definition) is 0. The number of rotatable bonds is 5. The second-order valence-electron chi connectivity index (χ2n) is 8.24. The van der Waals surface area contributed by atoms with Gasteiger partial charge in [0.15, 0.2) is 0 Å². The van der Waals surface area contributed by atoms with Crippen molar-refractivity contribution in [3.63, 3.8) is 0 Å². The summed E-state index contributed by atoms with van der Waals surface area (Å²) < 4.78 is 39.0. The fraction of sp³-hybridized carbons (Fsp3) is 0.522. The normalized spacial score (nSPS) is 21.7. The number of likely N-dealkylation sites (tertiary alicyclic amines) is 1. The van der Waals surface area contributed by atoms with Crippen LogP contribution in [0.15, 0.2) is 48.7 Å². The van der Waals surface area contributed by atoms with Gasteiger partial charge in [-0.05, 0) is 49.7 Å². The first-order valence-corrected chi connectivity index (χ1v) is 10.8. The maximum Gasteiger partial charge on any atom is 0.416 e. The van der Waals surface area contributed by atoms with Crippen molar-refractivity contribution in [2.24, 2.45) is 0 Å². The molecule has 2 saturated heterocycles. The van der Waals surface area contributed by atoms with Crippen LogP contribution in [0.3, 0.4) is 0 Å². The number of pyridine rings is 1. The van der Waals surface area contributed by atoms with Crippen molar-refractivity contribution in [2.45, 2.75) is 31.5 Å². The Bertz CT molecular complexity index is 804. The van der Waals surface area contributed by atoms with Crippen LogP contribution in [0.4, 0.5) is 18.9 Å². The van der Waals surface area contributed by atoms with Crippen molar-refractivity contribution < 1.29 is 13.2 Å². The van der Waals surface area contributed by atoms with Crippen molar-refractivity contribution in [1.29, 1.82) is 0 Å². The third-order valence-electron chi connectivity index (χ3n) is 6.26. The molecule has 0 unspecified atom stereocenters. The Morgan fingerprint density at radius 3 is 2.53 bits per heavy atom. The van der Waals surface area contributed by atoms with Gasteiger partial charge in [0.05, 0.1) is 5.56 Å². The molecule has 1 atom stereocenters. The van der Waals surface area contributed by atoms with Crippen LogP contribution < -0.4 is 4.90 Å². The monoisotopic (exact) mass is 418 g/mol. The molecule has 4 rings (SSSR count). The Hall–Kier alpha value is -2.12. The van der Waals surface area contributed by atoms with Gasteiger partial charge in [-0.25, -0.2) is 0 Å². The molecular weight excluding hydrogens is 389 g/mol. The SMILES string of the molecule is FC(F)(F)c1cccc(N2CCN([C@H]3CCCN(CCc4ccccn4)C3)CC2)c1. The number of hydrogen-bond acceptors (Lipinski definition) is 4. The van der Waals surface area contributed by atoms with Crippen LogP contribution in [0.1, 0.15) is 24.1 Å². The predicted molar refractivity (Wildman–Crippen MR) is 113 cm³/mol. The summed E-state index contributed by atoms with van der Waals surface area (Å²) in [6.45, 7) is 6.56. The average molecular weight is 419 g/mol. The molecule has 0 radical (unpaired) electrons. The smallest absolute Gasteiger partial charge is 0.369 e. The minimum Gasteiger partial charge on any atom is -0.369 e. The first-order valence-electron chi connectivity index (χ1n) is 10.8. The average Bonchev–Trinajstić information content (AvgIpc) is 2.78. The maximum absolute atomic E-state index is 13.0. The standard InChI is InChI=1S/C23H29F3N4/c24-23(25,26)19-5-3-7-21(17-19)29-13-15-30(16-14-29)22-8-4-11-28(18-22)12-9-20-6-1-2-10-27-20/h1-3,5-7,10,17,22H,4,8-9,11-16,18H2/t22-/m0/s1. The molecule has 1 aromatic carbocycles. The molecule has 0 spiro atoms. The van der Waals surface area contributed by atoms with Crippen LogP contribution in [-0.2, 0) is 12.6 Å². The van der Waals surface area contributed by atoms with Crippen molar-refractivity contribution in [1.82, 2.24) is 14.8 Å². The second-order valence-corrected chi connectivity index (χ2v) is 8.24. The molecule has 2 fully saturated rings. The van der Waals surface area contributed by atoms with E-state index < -0.39 is 11.7 Å². The van der Waals surface area contributed by atoms with Gasteiger partial charge in [-0.15, -0.1) is 0 Å². The summed E-state index contributed by atoms with van der Waals surface area (Å²) in [4.78, 5) is 11.5. The molecule has 4 nitrogen and oxygen atoms in total. The summed E-state index contributed by atoms with van der Waals surface area (Å²) in [5.41, 5.74) is 1.23. The highest BCUT2D eigenvalue weighted by molar-refractivity contribution is 5.49. The minimum absolute atomic E-state index is 0.533.